The number of nitrogens with zero attached hydrogens (tertiary/aromatic N) is 3. The third-order valence-electron chi connectivity index (χ3n) is 11.0. The second-order valence-electron chi connectivity index (χ2n) is 17.0. The van der Waals surface area contributed by atoms with Crippen molar-refractivity contribution in [3.8, 4) is 5.75 Å². The highest BCUT2D eigenvalue weighted by atomic mass is 33.1. The van der Waals surface area contributed by atoms with E-state index >= 15 is 0 Å². The van der Waals surface area contributed by atoms with E-state index in [1.807, 2.05) is 20.8 Å². The molecule has 2 rings (SSSR count). The number of phenols is 1. The Morgan fingerprint density at radius 1 is 0.779 bits per heavy atom. The molecule has 23 nitrogen and oxygen atoms in total. The summed E-state index contributed by atoms with van der Waals surface area (Å²) >= 11 is 0. The Balaban J connectivity index is 2.40. The van der Waals surface area contributed by atoms with E-state index in [4.69, 9.17) is 34.4 Å². The quantitative estimate of drug-likeness (QED) is 0.0171. The second kappa shape index (κ2) is 30.8. The first kappa shape index (κ1) is 58.6. The predicted octanol–water partition coefficient (Wildman–Crippen LogP) is -1.70. The smallest absolute Gasteiger partial charge is 0.327 e. The number of nitrogens with one attached hydrogen (secondary N) is 5. The Morgan fingerprint density at radius 3 is 1.94 bits per heavy atom. The van der Waals surface area contributed by atoms with Gasteiger partial charge in [0.1, 0.15) is 42.0 Å². The average molecular weight is 995 g/mol. The number of hydrogen-bond acceptors (Lipinski definition) is 14. The lowest BCUT2D eigenvalue weighted by molar-refractivity contribution is -0.142. The van der Waals surface area contributed by atoms with Gasteiger partial charge in [0.15, 0.2) is 11.9 Å². The molecule has 6 amide bonds. The highest BCUT2D eigenvalue weighted by molar-refractivity contribution is 8.76. The molecule has 8 atom stereocenters. The van der Waals surface area contributed by atoms with E-state index < -0.39 is 89.6 Å². The molecule has 25 heteroatoms. The van der Waals surface area contributed by atoms with Crippen molar-refractivity contribution in [2.75, 3.05) is 37.7 Å². The van der Waals surface area contributed by atoms with Crippen molar-refractivity contribution in [3.63, 3.8) is 0 Å². The SMILES string of the molecule is CC[C@H](C)[C@H](NC(=O)[C@H](Cc1ccc(O)cc1)NC(=O)[C@@H]1CCCN1C(=O)[C@H](CCCN=C(N)N)NC(=O)[C@@H](N)CCCN=C(N)N)C(=O)N[C@@H](CC(C)C)C(=O)N[C@@H](CSSCCN)C(=O)O. The zero-order valence-electron chi connectivity index (χ0n) is 39.5. The molecule has 1 aliphatic heterocycles. The average Bonchev–Trinajstić information content (AvgIpc) is 3.78. The molecular formula is C43H74N14O9S2. The minimum absolute atomic E-state index is 0.0295. The number of hydrogen-bond donors (Lipinski definition) is 13. The topological polar surface area (TPSA) is 404 Å². The lowest BCUT2D eigenvalue weighted by atomic mass is 9.95. The monoisotopic (exact) mass is 995 g/mol. The molecule has 382 valence electrons. The normalized spacial score (nSPS) is 16.5. The molecule has 0 aliphatic carbocycles. The summed E-state index contributed by atoms with van der Waals surface area (Å²) in [6, 6.07) is -2.11. The number of aromatic hydroxyl groups is 1. The first-order chi connectivity index (χ1) is 32.2. The molecule has 0 aromatic heterocycles. The van der Waals surface area contributed by atoms with Crippen LogP contribution in [0.25, 0.3) is 0 Å². The van der Waals surface area contributed by atoms with Gasteiger partial charge in [0.05, 0.1) is 6.04 Å². The van der Waals surface area contributed by atoms with Crippen LogP contribution in [0.1, 0.15) is 84.6 Å². The molecular weight excluding hydrogens is 921 g/mol. The van der Waals surface area contributed by atoms with Gasteiger partial charge >= 0.3 is 5.97 Å². The van der Waals surface area contributed by atoms with Gasteiger partial charge in [0, 0.05) is 44.1 Å². The van der Waals surface area contributed by atoms with E-state index in [0.29, 0.717) is 43.5 Å². The van der Waals surface area contributed by atoms with Crippen LogP contribution >= 0.6 is 21.6 Å². The summed E-state index contributed by atoms with van der Waals surface area (Å²) in [5.41, 5.74) is 34.0. The number of carboxylic acids is 1. The number of phenolic OH excluding ortho intramolecular Hbond substituents is 1. The molecule has 1 heterocycles. The molecule has 1 fully saturated rings. The van der Waals surface area contributed by atoms with Gasteiger partial charge in [-0.2, -0.15) is 0 Å². The fourth-order valence-electron chi connectivity index (χ4n) is 7.13. The summed E-state index contributed by atoms with van der Waals surface area (Å²) in [7, 11) is 2.62. The number of amides is 6. The highest BCUT2D eigenvalue weighted by Gasteiger charge is 2.40. The van der Waals surface area contributed by atoms with Gasteiger partial charge in [0.25, 0.3) is 0 Å². The summed E-state index contributed by atoms with van der Waals surface area (Å²) in [6.45, 7) is 8.20. The van der Waals surface area contributed by atoms with E-state index in [9.17, 15) is 43.8 Å². The van der Waals surface area contributed by atoms with Crippen molar-refractivity contribution < 1.29 is 43.8 Å². The minimum atomic E-state index is -1.31. The van der Waals surface area contributed by atoms with Crippen molar-refractivity contribution in [2.24, 2.45) is 56.2 Å². The van der Waals surface area contributed by atoms with Gasteiger partial charge in [-0.3, -0.25) is 38.8 Å². The summed E-state index contributed by atoms with van der Waals surface area (Å²) in [4.78, 5) is 105. The number of nitrogens with two attached hydrogens (primary N) is 6. The van der Waals surface area contributed by atoms with Crippen molar-refractivity contribution >= 4 is 74.9 Å². The van der Waals surface area contributed by atoms with Crippen LogP contribution in [0.15, 0.2) is 34.3 Å². The molecule has 0 saturated carbocycles. The van der Waals surface area contributed by atoms with Gasteiger partial charge in [-0.05, 0) is 74.5 Å². The van der Waals surface area contributed by atoms with Crippen LogP contribution in [-0.2, 0) is 40.0 Å². The van der Waals surface area contributed by atoms with Crippen LogP contribution in [0, 0.1) is 11.8 Å². The third-order valence-corrected chi connectivity index (χ3v) is 13.4. The fraction of sp³-hybridized carbons (Fsp3) is 0.651. The Bertz CT molecular complexity index is 1870. The Kier molecular flexibility index (Phi) is 26.5. The molecule has 19 N–H and O–H groups in total. The van der Waals surface area contributed by atoms with Crippen molar-refractivity contribution in [1.29, 1.82) is 0 Å². The molecule has 1 aromatic rings. The van der Waals surface area contributed by atoms with E-state index in [0.717, 1.165) is 0 Å². The zero-order valence-corrected chi connectivity index (χ0v) is 41.1. The van der Waals surface area contributed by atoms with Crippen LogP contribution < -0.4 is 61.0 Å². The number of likely N-dealkylation sites (tertiary alicyclic amines) is 1. The van der Waals surface area contributed by atoms with E-state index in [-0.39, 0.29) is 81.1 Å². The lowest BCUT2D eigenvalue weighted by Gasteiger charge is -2.31. The number of carbonyl (C=O) groups excluding carboxylic acids is 6. The number of carbonyl (C=O) groups is 7. The van der Waals surface area contributed by atoms with Gasteiger partial charge in [0.2, 0.25) is 35.4 Å². The summed E-state index contributed by atoms with van der Waals surface area (Å²) < 4.78 is 0. The van der Waals surface area contributed by atoms with Crippen LogP contribution in [0.4, 0.5) is 0 Å². The molecule has 1 aliphatic rings. The van der Waals surface area contributed by atoms with Gasteiger partial charge in [-0.1, -0.05) is 67.8 Å². The standard InChI is InChI=1S/C43H74N14O9S2/c1-5-25(4)34(39(63)54-30(21-24(2)3)36(60)55-32(41(65)66)23-68-67-20-16-44)56-37(61)31(22-26-12-14-27(58)15-13-26)53-38(62)33-11-8-19-57(33)40(64)29(10-7-18-51-43(48)49)52-35(59)28(45)9-6-17-50-42(46)47/h12-15,24-25,28-34,58H,5-11,16-23,44-45H2,1-4H3,(H,52,59)(H,53,62)(H,54,63)(H,55,60)(H,56,61)(H,65,66)(H4,46,47,50)(H4,48,49,51)/t25-,28-,29-,30-,31-,32-,33-,34-/m0/s1. The molecule has 68 heavy (non-hydrogen) atoms. The largest absolute Gasteiger partial charge is 0.508 e. The first-order valence-electron chi connectivity index (χ1n) is 22.8. The number of aliphatic imine (C=N–C) groups is 2. The summed E-state index contributed by atoms with van der Waals surface area (Å²) in [5, 5.41) is 33.4. The summed E-state index contributed by atoms with van der Waals surface area (Å²) in [5.74, 6) is -5.44. The summed E-state index contributed by atoms with van der Waals surface area (Å²) in [6.07, 6.45) is 2.15. The van der Waals surface area contributed by atoms with E-state index in [1.54, 1.807) is 19.1 Å². The van der Waals surface area contributed by atoms with Crippen LogP contribution in [0.5, 0.6) is 5.75 Å². The van der Waals surface area contributed by atoms with E-state index in [1.165, 1.54) is 38.6 Å². The molecule has 1 aromatic carbocycles. The molecule has 0 spiro atoms. The van der Waals surface area contributed by atoms with Crippen LogP contribution in [0.2, 0.25) is 0 Å². The number of carboxylic acid groups (broad SMARTS) is 1. The van der Waals surface area contributed by atoms with E-state index in [2.05, 4.69) is 36.6 Å². The van der Waals surface area contributed by atoms with Gasteiger partial charge in [-0.25, -0.2) is 4.79 Å². The second-order valence-corrected chi connectivity index (χ2v) is 19.7. The number of guanidine groups is 2. The zero-order chi connectivity index (χ0) is 50.9. The molecule has 0 unspecified atom stereocenters. The Hall–Kier alpha value is -5.53. The first-order valence-corrected chi connectivity index (χ1v) is 25.3. The number of aliphatic carboxylic acids is 1. The minimum Gasteiger partial charge on any atom is -0.508 e. The highest BCUT2D eigenvalue weighted by Crippen LogP contribution is 2.23. The number of benzene rings is 1. The van der Waals surface area contributed by atoms with Crippen LogP contribution in [-0.4, -0.2) is 148 Å². The third kappa shape index (κ3) is 21.2. The van der Waals surface area contributed by atoms with Crippen LogP contribution in [0.3, 0.4) is 0 Å². The van der Waals surface area contributed by atoms with Gasteiger partial charge < -0.3 is 76.1 Å². The lowest BCUT2D eigenvalue weighted by Crippen LogP contribution is -2.61. The Labute approximate surface area is 406 Å². The predicted molar refractivity (Wildman–Crippen MR) is 265 cm³/mol. The number of rotatable bonds is 31. The maximum atomic E-state index is 14.4. The maximum absolute atomic E-state index is 14.4. The maximum Gasteiger partial charge on any atom is 0.327 e. The van der Waals surface area contributed by atoms with Crippen molar-refractivity contribution in [1.82, 2.24) is 31.5 Å². The Morgan fingerprint density at radius 2 is 1.37 bits per heavy atom. The van der Waals surface area contributed by atoms with Gasteiger partial charge in [-0.15, -0.1) is 0 Å². The van der Waals surface area contributed by atoms with Crippen molar-refractivity contribution in [3.05, 3.63) is 29.8 Å². The molecule has 0 bridgehead atoms. The molecule has 1 saturated heterocycles. The molecule has 0 radical (unpaired) electrons. The fourth-order valence-corrected chi connectivity index (χ4v) is 9.14. The van der Waals surface area contributed by atoms with Crippen molar-refractivity contribution in [2.45, 2.75) is 128 Å².